The lowest BCUT2D eigenvalue weighted by Crippen LogP contribution is -2.17. The number of nitro benzene ring substituents is 1. The number of hydrogen-bond donors (Lipinski definition) is 1. The molecule has 106 valence electrons. The third kappa shape index (κ3) is 3.41. The van der Waals surface area contributed by atoms with E-state index in [9.17, 15) is 31.7 Å². The molecule has 0 aliphatic heterocycles. The molecule has 1 aromatic rings. The molecule has 0 fully saturated rings. The minimum atomic E-state index is -5.05. The van der Waals surface area contributed by atoms with E-state index in [4.69, 9.17) is 5.11 Å². The molecule has 6 nitrogen and oxygen atoms in total. The highest BCUT2D eigenvalue weighted by Crippen LogP contribution is 2.36. The minimum Gasteiger partial charge on any atom is -0.395 e. The molecular weight excluding hydrogens is 291 g/mol. The van der Waals surface area contributed by atoms with Crippen molar-refractivity contribution in [2.24, 2.45) is 0 Å². The van der Waals surface area contributed by atoms with Gasteiger partial charge in [-0.3, -0.25) is 10.1 Å². The number of sulfone groups is 1. The van der Waals surface area contributed by atoms with Crippen LogP contribution in [-0.2, 0) is 16.0 Å². The first kappa shape index (κ1) is 15.4. The molecule has 10 heteroatoms. The maximum Gasteiger partial charge on any atom is 0.417 e. The number of nitro groups is 1. The average Bonchev–Trinajstić information content (AvgIpc) is 2.26. The molecule has 1 N–H and O–H groups in total. The maximum absolute atomic E-state index is 12.7. The van der Waals surface area contributed by atoms with E-state index >= 15 is 0 Å². The van der Waals surface area contributed by atoms with Gasteiger partial charge in [0.2, 0.25) is 0 Å². The van der Waals surface area contributed by atoms with E-state index in [0.29, 0.717) is 12.1 Å². The Morgan fingerprint density at radius 3 is 2.32 bits per heavy atom. The van der Waals surface area contributed by atoms with Crippen LogP contribution in [0.15, 0.2) is 23.1 Å². The first-order valence-corrected chi connectivity index (χ1v) is 6.44. The first-order valence-electron chi connectivity index (χ1n) is 4.79. The van der Waals surface area contributed by atoms with Crippen molar-refractivity contribution in [2.75, 3.05) is 12.4 Å². The van der Waals surface area contributed by atoms with Crippen LogP contribution in [0.5, 0.6) is 0 Å². The van der Waals surface area contributed by atoms with E-state index in [2.05, 4.69) is 0 Å². The number of nitrogens with zero attached hydrogens (tertiary/aromatic N) is 1. The molecule has 1 aromatic carbocycles. The molecule has 0 radical (unpaired) electrons. The van der Waals surface area contributed by atoms with Crippen LogP contribution < -0.4 is 0 Å². The Kier molecular flexibility index (Phi) is 4.15. The summed E-state index contributed by atoms with van der Waals surface area (Å²) >= 11 is 0. The van der Waals surface area contributed by atoms with Gasteiger partial charge >= 0.3 is 6.18 Å². The topological polar surface area (TPSA) is 97.5 Å². The summed E-state index contributed by atoms with van der Waals surface area (Å²) < 4.78 is 61.2. The second kappa shape index (κ2) is 5.13. The zero-order valence-corrected chi connectivity index (χ0v) is 10.0. The number of benzene rings is 1. The van der Waals surface area contributed by atoms with Gasteiger partial charge in [0.15, 0.2) is 9.84 Å². The van der Waals surface area contributed by atoms with Crippen molar-refractivity contribution in [3.63, 3.8) is 0 Å². The summed E-state index contributed by atoms with van der Waals surface area (Å²) in [5.74, 6) is -0.895. The first-order chi connectivity index (χ1) is 8.59. The Bertz CT molecular complexity index is 596. The molecule has 0 spiro atoms. The third-order valence-electron chi connectivity index (χ3n) is 2.17. The van der Waals surface area contributed by atoms with Crippen LogP contribution in [-0.4, -0.2) is 30.8 Å². The highest BCUT2D eigenvalue weighted by molar-refractivity contribution is 7.91. The van der Waals surface area contributed by atoms with Crippen molar-refractivity contribution in [3.05, 3.63) is 33.9 Å². The van der Waals surface area contributed by atoms with Gasteiger partial charge in [-0.05, 0) is 6.07 Å². The molecule has 0 aliphatic carbocycles. The Hall–Kier alpha value is -1.68. The van der Waals surface area contributed by atoms with Crippen LogP contribution in [0.3, 0.4) is 0 Å². The standard InChI is InChI=1S/C9H8F3NO5S/c10-9(11,12)7-5-6(13(15)16)1-2-8(7)19(17,18)4-3-14/h1-2,5,14H,3-4H2. The summed E-state index contributed by atoms with van der Waals surface area (Å²) in [6.07, 6.45) is -5.05. The monoisotopic (exact) mass is 299 g/mol. The quantitative estimate of drug-likeness (QED) is 0.669. The summed E-state index contributed by atoms with van der Waals surface area (Å²) in [5.41, 5.74) is -2.48. The lowest BCUT2D eigenvalue weighted by atomic mass is 10.2. The SMILES string of the molecule is O=[N+]([O-])c1ccc(S(=O)(=O)CCO)c(C(F)(F)F)c1. The molecule has 0 saturated heterocycles. The van der Waals surface area contributed by atoms with E-state index in [1.165, 1.54) is 0 Å². The van der Waals surface area contributed by atoms with Gasteiger partial charge < -0.3 is 5.11 Å². The molecule has 0 amide bonds. The molecule has 1 rings (SSSR count). The Balaban J connectivity index is 3.54. The molecule has 0 saturated carbocycles. The molecule has 0 atom stereocenters. The van der Waals surface area contributed by atoms with Gasteiger partial charge in [-0.1, -0.05) is 0 Å². The summed E-state index contributed by atoms with van der Waals surface area (Å²) in [7, 11) is -4.36. The fourth-order valence-electron chi connectivity index (χ4n) is 1.35. The summed E-state index contributed by atoms with van der Waals surface area (Å²) in [4.78, 5) is 8.27. The van der Waals surface area contributed by atoms with E-state index < -0.39 is 49.4 Å². The van der Waals surface area contributed by atoms with Gasteiger partial charge in [0.05, 0.1) is 27.7 Å². The summed E-state index contributed by atoms with van der Waals surface area (Å²) in [5, 5.41) is 18.9. The average molecular weight is 299 g/mol. The van der Waals surface area contributed by atoms with Gasteiger partial charge in [-0.2, -0.15) is 13.2 Å². The second-order valence-electron chi connectivity index (χ2n) is 3.48. The minimum absolute atomic E-state index is 0.157. The predicted octanol–water partition coefficient (Wildman–Crippen LogP) is 1.38. The fraction of sp³-hybridized carbons (Fsp3) is 0.333. The fourth-order valence-corrected chi connectivity index (χ4v) is 2.60. The number of aliphatic hydroxyl groups is 1. The maximum atomic E-state index is 12.7. The van der Waals surface area contributed by atoms with E-state index in [1.807, 2.05) is 0 Å². The van der Waals surface area contributed by atoms with Crippen molar-refractivity contribution >= 4 is 15.5 Å². The molecule has 0 bridgehead atoms. The van der Waals surface area contributed by atoms with E-state index in [-0.39, 0.29) is 6.07 Å². The van der Waals surface area contributed by atoms with Gasteiger partial charge in [0.1, 0.15) is 0 Å². The Morgan fingerprint density at radius 1 is 1.32 bits per heavy atom. The lowest BCUT2D eigenvalue weighted by Gasteiger charge is -2.12. The molecule has 19 heavy (non-hydrogen) atoms. The summed E-state index contributed by atoms with van der Waals surface area (Å²) in [6.45, 7) is -0.851. The van der Waals surface area contributed by atoms with Crippen LogP contribution in [0.1, 0.15) is 5.56 Å². The molecule has 0 aliphatic rings. The normalized spacial score (nSPS) is 12.4. The number of non-ortho nitro benzene ring substituents is 1. The van der Waals surface area contributed by atoms with Crippen LogP contribution in [0.4, 0.5) is 18.9 Å². The number of alkyl halides is 3. The van der Waals surface area contributed by atoms with Crippen LogP contribution in [0.2, 0.25) is 0 Å². The van der Waals surface area contributed by atoms with Crippen molar-refractivity contribution in [3.8, 4) is 0 Å². The highest BCUT2D eigenvalue weighted by atomic mass is 32.2. The number of rotatable bonds is 4. The Labute approximate surface area is 105 Å². The van der Waals surface area contributed by atoms with Crippen LogP contribution in [0.25, 0.3) is 0 Å². The third-order valence-corrected chi connectivity index (χ3v) is 3.92. The molecular formula is C9H8F3NO5S. The number of hydrogen-bond acceptors (Lipinski definition) is 5. The highest BCUT2D eigenvalue weighted by Gasteiger charge is 2.38. The van der Waals surface area contributed by atoms with Gasteiger partial charge in [0.25, 0.3) is 5.69 Å². The second-order valence-corrected chi connectivity index (χ2v) is 5.56. The zero-order chi connectivity index (χ0) is 14.8. The summed E-state index contributed by atoms with van der Waals surface area (Å²) in [6, 6.07) is 1.34. The van der Waals surface area contributed by atoms with E-state index in [1.54, 1.807) is 0 Å². The number of aliphatic hydroxyl groups excluding tert-OH is 1. The van der Waals surface area contributed by atoms with Crippen molar-refractivity contribution in [1.82, 2.24) is 0 Å². The van der Waals surface area contributed by atoms with Crippen molar-refractivity contribution < 1.29 is 31.6 Å². The Morgan fingerprint density at radius 2 is 1.89 bits per heavy atom. The molecule has 0 heterocycles. The van der Waals surface area contributed by atoms with Crippen LogP contribution in [0, 0.1) is 10.1 Å². The predicted molar refractivity (Wildman–Crippen MR) is 57.2 cm³/mol. The van der Waals surface area contributed by atoms with Crippen molar-refractivity contribution in [1.29, 1.82) is 0 Å². The molecule has 0 unspecified atom stereocenters. The lowest BCUT2D eigenvalue weighted by molar-refractivity contribution is -0.385. The largest absolute Gasteiger partial charge is 0.417 e. The van der Waals surface area contributed by atoms with Crippen molar-refractivity contribution in [2.45, 2.75) is 11.1 Å². The van der Waals surface area contributed by atoms with Gasteiger partial charge in [0, 0.05) is 12.1 Å². The number of halogens is 3. The molecule has 0 aromatic heterocycles. The van der Waals surface area contributed by atoms with Gasteiger partial charge in [-0.25, -0.2) is 8.42 Å². The zero-order valence-electron chi connectivity index (χ0n) is 9.22. The van der Waals surface area contributed by atoms with Crippen LogP contribution >= 0.6 is 0 Å². The van der Waals surface area contributed by atoms with E-state index in [0.717, 1.165) is 0 Å². The van der Waals surface area contributed by atoms with Gasteiger partial charge in [-0.15, -0.1) is 0 Å². The smallest absolute Gasteiger partial charge is 0.395 e.